The third-order valence-electron chi connectivity index (χ3n) is 4.91. The highest BCUT2D eigenvalue weighted by Gasteiger charge is 2.21. The molecule has 0 atom stereocenters. The van der Waals surface area contributed by atoms with E-state index in [0.717, 1.165) is 38.7 Å². The summed E-state index contributed by atoms with van der Waals surface area (Å²) in [4.78, 5) is 9.27. The molecule has 1 aliphatic heterocycles. The second-order valence-corrected chi connectivity index (χ2v) is 8.82. The van der Waals surface area contributed by atoms with Crippen LogP contribution in [0.3, 0.4) is 0 Å². The van der Waals surface area contributed by atoms with Gasteiger partial charge in [0.15, 0.2) is 5.96 Å². The Hall–Kier alpha value is -1.80. The summed E-state index contributed by atoms with van der Waals surface area (Å²) >= 11 is 0. The Morgan fingerprint density at radius 2 is 1.85 bits per heavy atom. The minimum Gasteiger partial charge on any atom is -0.368 e. The van der Waals surface area contributed by atoms with Crippen molar-refractivity contribution in [3.8, 4) is 0 Å². The van der Waals surface area contributed by atoms with Gasteiger partial charge in [0.25, 0.3) is 0 Å². The molecule has 2 rings (SSSR count). The van der Waals surface area contributed by atoms with Gasteiger partial charge in [-0.1, -0.05) is 12.1 Å². The molecule has 0 saturated carbocycles. The van der Waals surface area contributed by atoms with Crippen LogP contribution in [0.1, 0.15) is 25.0 Å². The number of nitrogens with zero attached hydrogens (tertiary/aromatic N) is 3. The maximum atomic E-state index is 11.5. The molecule has 8 heteroatoms. The van der Waals surface area contributed by atoms with Gasteiger partial charge in [-0.05, 0) is 44.9 Å². The first-order valence-electron chi connectivity index (χ1n) is 9.69. The van der Waals surface area contributed by atoms with E-state index in [4.69, 9.17) is 0 Å². The Bertz CT molecular complexity index is 740. The Morgan fingerprint density at radius 1 is 1.15 bits per heavy atom. The van der Waals surface area contributed by atoms with E-state index in [0.29, 0.717) is 13.1 Å². The molecule has 0 spiro atoms. The first-order chi connectivity index (χ1) is 12.9. The highest BCUT2D eigenvalue weighted by Crippen LogP contribution is 2.23. The lowest BCUT2D eigenvalue weighted by Crippen LogP contribution is -2.52. The largest absolute Gasteiger partial charge is 0.368 e. The second kappa shape index (κ2) is 9.94. The van der Waals surface area contributed by atoms with E-state index in [9.17, 15) is 8.42 Å². The van der Waals surface area contributed by atoms with Crippen molar-refractivity contribution in [1.29, 1.82) is 0 Å². The fraction of sp³-hybridized carbons (Fsp3) is 0.632. The molecule has 0 aromatic heterocycles. The van der Waals surface area contributed by atoms with Gasteiger partial charge >= 0.3 is 0 Å². The molecule has 1 fully saturated rings. The highest BCUT2D eigenvalue weighted by molar-refractivity contribution is 7.89. The van der Waals surface area contributed by atoms with E-state index in [1.165, 1.54) is 16.8 Å². The van der Waals surface area contributed by atoms with Gasteiger partial charge in [-0.3, -0.25) is 4.99 Å². The average Bonchev–Trinajstić information content (AvgIpc) is 2.67. The molecular formula is C19H33N5O2S. The van der Waals surface area contributed by atoms with Gasteiger partial charge in [-0.2, -0.15) is 0 Å². The molecule has 7 nitrogen and oxygen atoms in total. The van der Waals surface area contributed by atoms with Crippen LogP contribution in [0, 0.1) is 13.8 Å². The van der Waals surface area contributed by atoms with Gasteiger partial charge in [0.1, 0.15) is 0 Å². The van der Waals surface area contributed by atoms with Crippen LogP contribution in [-0.4, -0.2) is 70.8 Å². The van der Waals surface area contributed by atoms with E-state index < -0.39 is 10.0 Å². The topological polar surface area (TPSA) is 77.0 Å². The quantitative estimate of drug-likeness (QED) is 0.414. The van der Waals surface area contributed by atoms with Gasteiger partial charge in [-0.25, -0.2) is 13.1 Å². The van der Waals surface area contributed by atoms with Crippen molar-refractivity contribution in [3.05, 3.63) is 29.3 Å². The van der Waals surface area contributed by atoms with E-state index >= 15 is 0 Å². The summed E-state index contributed by atoms with van der Waals surface area (Å²) < 4.78 is 25.6. The fourth-order valence-electron chi connectivity index (χ4n) is 3.13. The van der Waals surface area contributed by atoms with Crippen LogP contribution >= 0.6 is 0 Å². The van der Waals surface area contributed by atoms with Crippen molar-refractivity contribution >= 4 is 21.7 Å². The summed E-state index contributed by atoms with van der Waals surface area (Å²) in [7, 11) is -3.16. The molecule has 0 aliphatic carbocycles. The van der Waals surface area contributed by atoms with Crippen molar-refractivity contribution in [3.63, 3.8) is 0 Å². The fourth-order valence-corrected chi connectivity index (χ4v) is 3.73. The number of benzene rings is 1. The normalized spacial score (nSPS) is 15.9. The van der Waals surface area contributed by atoms with Crippen molar-refractivity contribution < 1.29 is 8.42 Å². The van der Waals surface area contributed by atoms with Gasteiger partial charge in [0.2, 0.25) is 10.0 Å². The molecule has 1 aromatic rings. The van der Waals surface area contributed by atoms with Crippen molar-refractivity contribution in [1.82, 2.24) is 14.9 Å². The number of anilines is 1. The highest BCUT2D eigenvalue weighted by atomic mass is 32.2. The van der Waals surface area contributed by atoms with Gasteiger partial charge in [0.05, 0.1) is 12.3 Å². The van der Waals surface area contributed by atoms with E-state index in [1.54, 1.807) is 6.92 Å². The number of aryl methyl sites for hydroxylation is 1. The molecule has 152 valence electrons. The van der Waals surface area contributed by atoms with Crippen LogP contribution in [0.25, 0.3) is 0 Å². The van der Waals surface area contributed by atoms with Gasteiger partial charge < -0.3 is 15.1 Å². The van der Waals surface area contributed by atoms with Crippen LogP contribution in [0.15, 0.2) is 23.2 Å². The maximum absolute atomic E-state index is 11.5. The first-order valence-corrected chi connectivity index (χ1v) is 11.3. The predicted molar refractivity (Wildman–Crippen MR) is 113 cm³/mol. The lowest BCUT2D eigenvalue weighted by molar-refractivity contribution is 0.372. The third-order valence-corrected chi connectivity index (χ3v) is 6.31. The summed E-state index contributed by atoms with van der Waals surface area (Å²) in [5, 5.41) is 3.32. The average molecular weight is 396 g/mol. The molecule has 1 saturated heterocycles. The number of piperazine rings is 1. The summed E-state index contributed by atoms with van der Waals surface area (Å²) in [5.74, 6) is 0.950. The van der Waals surface area contributed by atoms with E-state index in [-0.39, 0.29) is 5.75 Å². The number of hydrogen-bond acceptors (Lipinski definition) is 4. The molecule has 27 heavy (non-hydrogen) atoms. The molecule has 1 heterocycles. The summed E-state index contributed by atoms with van der Waals surface area (Å²) in [6, 6.07) is 6.46. The molecule has 0 amide bonds. The minimum atomic E-state index is -3.16. The second-order valence-electron chi connectivity index (χ2n) is 6.73. The first kappa shape index (κ1) is 21.5. The number of hydrogen-bond donors (Lipinski definition) is 2. The zero-order chi connectivity index (χ0) is 19.9. The Labute approximate surface area is 163 Å². The molecule has 0 bridgehead atoms. The van der Waals surface area contributed by atoms with Crippen LogP contribution in [0.2, 0.25) is 0 Å². The Kier molecular flexibility index (Phi) is 7.91. The standard InChI is InChI=1S/C19H33N5O2S/c1-5-20-19(21-10-11-22-27(25,26)6-2)24-14-12-23(13-15-24)18-9-7-8-16(3)17(18)4/h7-9,22H,5-6,10-15H2,1-4H3,(H,20,21). The third kappa shape index (κ3) is 6.10. The molecule has 1 aromatic carbocycles. The van der Waals surface area contributed by atoms with Crippen LogP contribution in [-0.2, 0) is 10.0 Å². The lowest BCUT2D eigenvalue weighted by atomic mass is 10.1. The van der Waals surface area contributed by atoms with E-state index in [2.05, 4.69) is 56.9 Å². The predicted octanol–water partition coefficient (Wildman–Crippen LogP) is 1.33. The minimum absolute atomic E-state index is 0.0944. The number of rotatable bonds is 7. The smallest absolute Gasteiger partial charge is 0.211 e. The number of aliphatic imine (C=N–C) groups is 1. The monoisotopic (exact) mass is 395 g/mol. The zero-order valence-corrected chi connectivity index (χ0v) is 17.8. The number of guanidine groups is 1. The summed E-state index contributed by atoms with van der Waals surface area (Å²) in [6.07, 6.45) is 0. The molecular weight excluding hydrogens is 362 g/mol. The SMILES string of the molecule is CCNC(=NCCNS(=O)(=O)CC)N1CCN(c2cccc(C)c2C)CC1. The maximum Gasteiger partial charge on any atom is 0.211 e. The Balaban J connectivity index is 1.94. The van der Waals surface area contributed by atoms with Gasteiger partial charge in [-0.15, -0.1) is 0 Å². The summed E-state index contributed by atoms with van der Waals surface area (Å²) in [6.45, 7) is 13.2. The van der Waals surface area contributed by atoms with Crippen LogP contribution in [0.5, 0.6) is 0 Å². The molecule has 1 aliphatic rings. The van der Waals surface area contributed by atoms with Crippen molar-refractivity contribution in [2.45, 2.75) is 27.7 Å². The molecule has 2 N–H and O–H groups in total. The number of nitrogens with one attached hydrogen (secondary N) is 2. The van der Waals surface area contributed by atoms with Gasteiger partial charge in [0, 0.05) is 45.0 Å². The summed E-state index contributed by atoms with van der Waals surface area (Å²) in [5.41, 5.74) is 3.97. The van der Waals surface area contributed by atoms with E-state index in [1.807, 2.05) is 6.92 Å². The van der Waals surface area contributed by atoms with Crippen molar-refractivity contribution in [2.75, 3.05) is 56.5 Å². The number of sulfonamides is 1. The molecule has 0 unspecified atom stereocenters. The van der Waals surface area contributed by atoms with Crippen LogP contribution in [0.4, 0.5) is 5.69 Å². The lowest BCUT2D eigenvalue weighted by Gasteiger charge is -2.38. The molecule has 0 radical (unpaired) electrons. The Morgan fingerprint density at radius 3 is 2.48 bits per heavy atom. The zero-order valence-electron chi connectivity index (χ0n) is 17.0. The van der Waals surface area contributed by atoms with Crippen LogP contribution < -0.4 is 14.9 Å². The van der Waals surface area contributed by atoms with Crippen molar-refractivity contribution in [2.24, 2.45) is 4.99 Å².